The van der Waals surface area contributed by atoms with Crippen LogP contribution in [0.25, 0.3) is 0 Å². The number of ketones is 2. The topological polar surface area (TPSA) is 46.2 Å². The zero-order chi connectivity index (χ0) is 18.8. The van der Waals surface area contributed by atoms with Gasteiger partial charge in [-0.3, -0.25) is 9.59 Å². The van der Waals surface area contributed by atoms with Crippen molar-refractivity contribution in [2.45, 2.75) is 65.2 Å². The normalized spacial score (nSPS) is 50.2. The van der Waals surface area contributed by atoms with Crippen LogP contribution in [-0.4, -0.2) is 24.7 Å². The maximum absolute atomic E-state index is 13.3. The van der Waals surface area contributed by atoms with Crippen molar-refractivity contribution < 1.29 is 9.59 Å². The van der Waals surface area contributed by atoms with E-state index in [2.05, 4.69) is 31.3 Å². The number of carbonyl (C=O) groups excluding carboxylic acids is 2. The van der Waals surface area contributed by atoms with Crippen molar-refractivity contribution in [1.29, 1.82) is 0 Å². The molecule has 3 heteroatoms. The molecular formula is C24H35NO2. The number of nitrogens with one attached hydrogen (secondary N) is 1. The molecule has 5 fully saturated rings. The van der Waals surface area contributed by atoms with E-state index in [-0.39, 0.29) is 16.7 Å². The molecule has 0 aromatic heterocycles. The van der Waals surface area contributed by atoms with E-state index in [0.717, 1.165) is 51.6 Å². The second-order valence-electron chi connectivity index (χ2n) is 10.9. The molecule has 0 bridgehead atoms. The zero-order valence-electron chi connectivity index (χ0n) is 17.0. The molecule has 5 aliphatic rings. The Bertz CT molecular complexity index is 680. The van der Waals surface area contributed by atoms with E-state index in [1.165, 1.54) is 12.8 Å². The first-order valence-electron chi connectivity index (χ1n) is 11.4. The molecule has 0 spiro atoms. The molecule has 0 radical (unpaired) electrons. The minimum atomic E-state index is -0.124. The Morgan fingerprint density at radius 3 is 2.48 bits per heavy atom. The molecule has 148 valence electrons. The van der Waals surface area contributed by atoms with E-state index >= 15 is 0 Å². The molecule has 1 N–H and O–H groups in total. The fourth-order valence-corrected chi connectivity index (χ4v) is 7.78. The van der Waals surface area contributed by atoms with E-state index in [1.807, 2.05) is 0 Å². The van der Waals surface area contributed by atoms with Crippen LogP contribution in [-0.2, 0) is 9.59 Å². The van der Waals surface area contributed by atoms with Crippen molar-refractivity contribution in [3.05, 3.63) is 12.2 Å². The summed E-state index contributed by atoms with van der Waals surface area (Å²) in [6, 6.07) is 0. The Kier molecular flexibility index (Phi) is 4.20. The lowest BCUT2D eigenvalue weighted by Crippen LogP contribution is -2.56. The third-order valence-corrected chi connectivity index (χ3v) is 9.68. The van der Waals surface area contributed by atoms with Crippen LogP contribution < -0.4 is 5.32 Å². The lowest BCUT2D eigenvalue weighted by molar-refractivity contribution is -0.157. The molecule has 5 rings (SSSR count). The Morgan fingerprint density at radius 2 is 1.74 bits per heavy atom. The number of Topliss-reactive ketones (excluding diaryl/α,β-unsaturated/α-hetero) is 2. The molecule has 4 aliphatic carbocycles. The van der Waals surface area contributed by atoms with Gasteiger partial charge in [-0.05, 0) is 67.6 Å². The second kappa shape index (κ2) is 6.27. The van der Waals surface area contributed by atoms with E-state index in [1.54, 1.807) is 0 Å². The first-order valence-corrected chi connectivity index (χ1v) is 11.4. The lowest BCUT2D eigenvalue weighted by atomic mass is 9.44. The maximum atomic E-state index is 13.3. The predicted molar refractivity (Wildman–Crippen MR) is 106 cm³/mol. The molecular weight excluding hydrogens is 334 g/mol. The smallest absolute Gasteiger partial charge is 0.139 e. The zero-order valence-corrected chi connectivity index (χ0v) is 17.0. The summed E-state index contributed by atoms with van der Waals surface area (Å²) >= 11 is 0. The first-order chi connectivity index (χ1) is 12.9. The van der Waals surface area contributed by atoms with Gasteiger partial charge in [-0.15, -0.1) is 0 Å². The Balaban J connectivity index is 1.36. The fourth-order valence-electron chi connectivity index (χ4n) is 7.78. The summed E-state index contributed by atoms with van der Waals surface area (Å²) in [5, 5.41) is 3.33. The van der Waals surface area contributed by atoms with Crippen molar-refractivity contribution >= 4 is 11.6 Å². The standard InChI is InChI=1S/C24H35NO2/c1-23-9-7-15(3-4-16-13-25-14-16)11-20(23)21(26)12-17-18-5-6-22(27)24(18,2)10-8-19(17)23/h3-4,15-20,25H,5-14H2,1-2H3/t15-,17+,18+,19+,20?,23-,24+/m1/s1. The lowest BCUT2D eigenvalue weighted by Gasteiger charge is -2.59. The highest BCUT2D eigenvalue weighted by Gasteiger charge is 2.62. The largest absolute Gasteiger partial charge is 0.315 e. The molecule has 4 saturated carbocycles. The quantitative estimate of drug-likeness (QED) is 0.743. The molecule has 1 aliphatic heterocycles. The van der Waals surface area contributed by atoms with E-state index in [4.69, 9.17) is 0 Å². The van der Waals surface area contributed by atoms with Gasteiger partial charge in [0.05, 0.1) is 0 Å². The first kappa shape index (κ1) is 18.1. The van der Waals surface area contributed by atoms with E-state index < -0.39 is 0 Å². The molecule has 1 heterocycles. The minimum Gasteiger partial charge on any atom is -0.315 e. The highest BCUT2D eigenvalue weighted by atomic mass is 16.1. The third-order valence-electron chi connectivity index (χ3n) is 9.68. The van der Waals surface area contributed by atoms with Gasteiger partial charge in [-0.1, -0.05) is 26.0 Å². The Morgan fingerprint density at radius 1 is 0.963 bits per heavy atom. The van der Waals surface area contributed by atoms with Gasteiger partial charge < -0.3 is 5.32 Å². The number of fused-ring (bicyclic) bond motifs is 5. The minimum absolute atomic E-state index is 0.124. The van der Waals surface area contributed by atoms with Crippen molar-refractivity contribution in [3.63, 3.8) is 0 Å². The average Bonchev–Trinajstić information content (AvgIpc) is 2.90. The molecule has 0 aromatic rings. The molecule has 1 unspecified atom stereocenters. The molecule has 0 aromatic carbocycles. The summed E-state index contributed by atoms with van der Waals surface area (Å²) in [7, 11) is 0. The number of rotatable bonds is 2. The molecule has 27 heavy (non-hydrogen) atoms. The van der Waals surface area contributed by atoms with Gasteiger partial charge in [0, 0.05) is 43.2 Å². The highest BCUT2D eigenvalue weighted by Crippen LogP contribution is 2.65. The number of carbonyl (C=O) groups is 2. The highest BCUT2D eigenvalue weighted by molar-refractivity contribution is 5.88. The van der Waals surface area contributed by atoms with Crippen molar-refractivity contribution in [2.24, 2.45) is 46.3 Å². The van der Waals surface area contributed by atoms with Crippen LogP contribution in [0.15, 0.2) is 12.2 Å². The summed E-state index contributed by atoms with van der Waals surface area (Å²) in [5.41, 5.74) is 0.0523. The van der Waals surface area contributed by atoms with Gasteiger partial charge in [0.25, 0.3) is 0 Å². The number of hydrogen-bond acceptors (Lipinski definition) is 3. The monoisotopic (exact) mass is 369 g/mol. The molecule has 7 atom stereocenters. The summed E-state index contributed by atoms with van der Waals surface area (Å²) in [4.78, 5) is 25.8. The fraction of sp³-hybridized carbons (Fsp3) is 0.833. The van der Waals surface area contributed by atoms with Crippen LogP contribution in [0.4, 0.5) is 0 Å². The Hall–Kier alpha value is -0.960. The Labute approximate surface area is 163 Å². The van der Waals surface area contributed by atoms with Crippen molar-refractivity contribution in [2.75, 3.05) is 13.1 Å². The van der Waals surface area contributed by atoms with Crippen LogP contribution in [0.3, 0.4) is 0 Å². The summed E-state index contributed by atoms with van der Waals surface area (Å²) in [6.45, 7) is 6.87. The number of hydrogen-bond donors (Lipinski definition) is 1. The third kappa shape index (κ3) is 2.63. The van der Waals surface area contributed by atoms with Gasteiger partial charge in [0.1, 0.15) is 11.6 Å². The molecule has 3 nitrogen and oxygen atoms in total. The molecule has 0 amide bonds. The van der Waals surface area contributed by atoms with Crippen LogP contribution in [0, 0.1) is 46.3 Å². The van der Waals surface area contributed by atoms with Crippen molar-refractivity contribution in [3.8, 4) is 0 Å². The summed E-state index contributed by atoms with van der Waals surface area (Å²) in [5.74, 6) is 4.14. The van der Waals surface area contributed by atoms with E-state index in [9.17, 15) is 9.59 Å². The summed E-state index contributed by atoms with van der Waals surface area (Å²) in [6.07, 6.45) is 13.1. The average molecular weight is 370 g/mol. The van der Waals surface area contributed by atoms with Gasteiger partial charge in [-0.2, -0.15) is 0 Å². The van der Waals surface area contributed by atoms with Crippen LogP contribution >= 0.6 is 0 Å². The number of allylic oxidation sites excluding steroid dienone is 1. The summed E-state index contributed by atoms with van der Waals surface area (Å²) < 4.78 is 0. The maximum Gasteiger partial charge on any atom is 0.139 e. The van der Waals surface area contributed by atoms with Crippen LogP contribution in [0.1, 0.15) is 65.2 Å². The predicted octanol–water partition coefficient (Wildman–Crippen LogP) is 4.17. The molecule has 1 saturated heterocycles. The van der Waals surface area contributed by atoms with Gasteiger partial charge >= 0.3 is 0 Å². The van der Waals surface area contributed by atoms with Crippen LogP contribution in [0.5, 0.6) is 0 Å². The van der Waals surface area contributed by atoms with Crippen LogP contribution in [0.2, 0.25) is 0 Å². The second-order valence-corrected chi connectivity index (χ2v) is 10.9. The van der Waals surface area contributed by atoms with E-state index in [0.29, 0.717) is 41.2 Å². The van der Waals surface area contributed by atoms with Gasteiger partial charge in [-0.25, -0.2) is 0 Å². The van der Waals surface area contributed by atoms with Gasteiger partial charge in [0.2, 0.25) is 0 Å². The van der Waals surface area contributed by atoms with Gasteiger partial charge in [0.15, 0.2) is 0 Å². The van der Waals surface area contributed by atoms with Crippen molar-refractivity contribution in [1.82, 2.24) is 5.32 Å². The SMILES string of the molecule is C[C@]12CC[C@@H](C=CC3CNC3)CC1C(=O)C[C@@H]1[C@@H]2CC[C@]2(C)C(=O)CC[C@@H]12.